The number of nitrogens with one attached hydrogen (secondary N) is 3. The lowest BCUT2D eigenvalue weighted by Crippen LogP contribution is -2.50. The van der Waals surface area contributed by atoms with Crippen molar-refractivity contribution >= 4 is 24.0 Å². The molecule has 9 heteroatoms. The SMILES string of the molecule is CC1CCC(CNC=O)(C(=O)NNc2cncc(N3CCOCC3)n2)CC1. The van der Waals surface area contributed by atoms with Gasteiger partial charge in [-0.3, -0.25) is 25.4 Å². The maximum atomic E-state index is 12.9. The van der Waals surface area contributed by atoms with Crippen molar-refractivity contribution < 1.29 is 14.3 Å². The van der Waals surface area contributed by atoms with Crippen molar-refractivity contribution in [3.05, 3.63) is 12.4 Å². The van der Waals surface area contributed by atoms with E-state index in [1.165, 1.54) is 0 Å². The molecule has 9 nitrogen and oxygen atoms in total. The van der Waals surface area contributed by atoms with E-state index in [0.29, 0.717) is 37.9 Å². The highest BCUT2D eigenvalue weighted by Gasteiger charge is 2.41. The van der Waals surface area contributed by atoms with Gasteiger partial charge in [0.2, 0.25) is 12.3 Å². The highest BCUT2D eigenvalue weighted by Crippen LogP contribution is 2.38. The first kappa shape index (κ1) is 19.3. The Hall–Kier alpha value is -2.42. The number of hydrazine groups is 1. The summed E-state index contributed by atoms with van der Waals surface area (Å²) in [5, 5.41) is 2.69. The number of hydrogen-bond donors (Lipinski definition) is 3. The minimum Gasteiger partial charge on any atom is -0.378 e. The molecule has 1 aliphatic heterocycles. The van der Waals surface area contributed by atoms with Gasteiger partial charge in [-0.25, -0.2) is 4.98 Å². The predicted molar refractivity (Wildman–Crippen MR) is 101 cm³/mol. The maximum Gasteiger partial charge on any atom is 0.246 e. The van der Waals surface area contributed by atoms with Crippen LogP contribution in [-0.4, -0.2) is 55.1 Å². The van der Waals surface area contributed by atoms with Gasteiger partial charge >= 0.3 is 0 Å². The molecule has 0 atom stereocenters. The van der Waals surface area contributed by atoms with Crippen LogP contribution in [0.3, 0.4) is 0 Å². The second-order valence-electron chi connectivity index (χ2n) is 7.40. The summed E-state index contributed by atoms with van der Waals surface area (Å²) in [6.45, 7) is 5.41. The fraction of sp³-hybridized carbons (Fsp3) is 0.667. The average Bonchev–Trinajstić information content (AvgIpc) is 2.73. The van der Waals surface area contributed by atoms with Gasteiger partial charge < -0.3 is 15.0 Å². The number of aromatic nitrogens is 2. The van der Waals surface area contributed by atoms with Gasteiger partial charge in [-0.15, -0.1) is 0 Å². The largest absolute Gasteiger partial charge is 0.378 e. The van der Waals surface area contributed by atoms with Gasteiger partial charge in [0.1, 0.15) is 5.82 Å². The molecule has 0 radical (unpaired) electrons. The molecule has 1 aliphatic carbocycles. The number of carbonyl (C=O) groups excluding carboxylic acids is 2. The first-order valence-corrected chi connectivity index (χ1v) is 9.51. The molecule has 148 valence electrons. The number of morpholine rings is 1. The number of carbonyl (C=O) groups is 2. The van der Waals surface area contributed by atoms with E-state index < -0.39 is 5.41 Å². The summed E-state index contributed by atoms with van der Waals surface area (Å²) in [5.74, 6) is 1.71. The van der Waals surface area contributed by atoms with Gasteiger partial charge in [-0.1, -0.05) is 6.92 Å². The molecule has 27 heavy (non-hydrogen) atoms. The number of ether oxygens (including phenoxy) is 1. The Morgan fingerprint density at radius 2 is 2.07 bits per heavy atom. The minimum atomic E-state index is -0.588. The molecule has 2 amide bonds. The summed E-state index contributed by atoms with van der Waals surface area (Å²) >= 11 is 0. The summed E-state index contributed by atoms with van der Waals surface area (Å²) in [6, 6.07) is 0. The maximum absolute atomic E-state index is 12.9. The molecule has 1 aromatic rings. The van der Waals surface area contributed by atoms with Gasteiger partial charge in [0.05, 0.1) is 31.0 Å². The van der Waals surface area contributed by atoms with Crippen LogP contribution in [0.1, 0.15) is 32.6 Å². The third-order valence-corrected chi connectivity index (χ3v) is 5.50. The lowest BCUT2D eigenvalue weighted by atomic mass is 9.70. The Kier molecular flexibility index (Phi) is 6.44. The standard InChI is InChI=1S/C18H28N6O3/c1-14-2-4-18(5-3-14,12-20-13-25)17(26)23-22-15-10-19-11-16(21-15)24-6-8-27-9-7-24/h10-11,13-14H,2-9,12H2,1H3,(H,20,25)(H,21,22)(H,23,26). The summed E-state index contributed by atoms with van der Waals surface area (Å²) < 4.78 is 5.36. The molecule has 3 N–H and O–H groups in total. The summed E-state index contributed by atoms with van der Waals surface area (Å²) in [4.78, 5) is 34.5. The number of anilines is 2. The van der Waals surface area contributed by atoms with Gasteiger partial charge in [0.15, 0.2) is 5.82 Å². The molecule has 2 heterocycles. The van der Waals surface area contributed by atoms with Crippen LogP contribution in [-0.2, 0) is 14.3 Å². The topological polar surface area (TPSA) is 108 Å². The smallest absolute Gasteiger partial charge is 0.246 e. The van der Waals surface area contributed by atoms with Crippen molar-refractivity contribution in [3.63, 3.8) is 0 Å². The first-order valence-electron chi connectivity index (χ1n) is 9.51. The van der Waals surface area contributed by atoms with Crippen LogP contribution in [0.25, 0.3) is 0 Å². The summed E-state index contributed by atoms with van der Waals surface area (Å²) in [5.41, 5.74) is 5.07. The van der Waals surface area contributed by atoms with Crippen LogP contribution in [0, 0.1) is 11.3 Å². The molecule has 2 fully saturated rings. The van der Waals surface area contributed by atoms with Gasteiger partial charge in [-0.2, -0.15) is 0 Å². The van der Waals surface area contributed by atoms with E-state index >= 15 is 0 Å². The fourth-order valence-corrected chi connectivity index (χ4v) is 3.65. The van der Waals surface area contributed by atoms with Crippen LogP contribution in [0.4, 0.5) is 11.6 Å². The molecule has 0 unspecified atom stereocenters. The van der Waals surface area contributed by atoms with E-state index in [1.54, 1.807) is 12.4 Å². The van der Waals surface area contributed by atoms with Crippen molar-refractivity contribution in [1.29, 1.82) is 0 Å². The zero-order valence-electron chi connectivity index (χ0n) is 15.7. The van der Waals surface area contributed by atoms with Crippen molar-refractivity contribution in [2.24, 2.45) is 11.3 Å². The fourth-order valence-electron chi connectivity index (χ4n) is 3.65. The number of amides is 2. The molecule has 1 saturated carbocycles. The van der Waals surface area contributed by atoms with Crippen LogP contribution in [0.15, 0.2) is 12.4 Å². The normalized spacial score (nSPS) is 25.5. The highest BCUT2D eigenvalue weighted by molar-refractivity contribution is 5.84. The molecule has 1 aromatic heterocycles. The Bertz CT molecular complexity index is 642. The number of rotatable bonds is 7. The zero-order valence-corrected chi connectivity index (χ0v) is 15.7. The van der Waals surface area contributed by atoms with Crippen LogP contribution < -0.4 is 21.1 Å². The molecule has 0 spiro atoms. The van der Waals surface area contributed by atoms with Crippen LogP contribution in [0.5, 0.6) is 0 Å². The van der Waals surface area contributed by atoms with E-state index in [-0.39, 0.29) is 5.91 Å². The van der Waals surface area contributed by atoms with Crippen molar-refractivity contribution in [2.45, 2.75) is 32.6 Å². The second kappa shape index (κ2) is 8.98. The number of nitrogens with zero attached hydrogens (tertiary/aromatic N) is 3. The molecular formula is C18H28N6O3. The van der Waals surface area contributed by atoms with Gasteiger partial charge in [0.25, 0.3) is 0 Å². The quantitative estimate of drug-likeness (QED) is 0.475. The molecule has 0 aromatic carbocycles. The third kappa shape index (κ3) is 4.85. The molecular weight excluding hydrogens is 348 g/mol. The molecule has 2 aliphatic rings. The van der Waals surface area contributed by atoms with Crippen molar-refractivity contribution in [3.8, 4) is 0 Å². The van der Waals surface area contributed by atoms with Crippen molar-refractivity contribution in [1.82, 2.24) is 20.7 Å². The lowest BCUT2D eigenvalue weighted by Gasteiger charge is -2.37. The van der Waals surface area contributed by atoms with Crippen molar-refractivity contribution in [2.75, 3.05) is 43.2 Å². The predicted octanol–water partition coefficient (Wildman–Crippen LogP) is 0.699. The van der Waals surface area contributed by atoms with E-state index in [1.807, 2.05) is 0 Å². The third-order valence-electron chi connectivity index (χ3n) is 5.50. The van der Waals surface area contributed by atoms with E-state index in [0.717, 1.165) is 44.6 Å². The summed E-state index contributed by atoms with van der Waals surface area (Å²) in [6.07, 6.45) is 7.38. The summed E-state index contributed by atoms with van der Waals surface area (Å²) in [7, 11) is 0. The van der Waals surface area contributed by atoms with E-state index in [4.69, 9.17) is 4.74 Å². The molecule has 0 bridgehead atoms. The Morgan fingerprint density at radius 3 is 2.78 bits per heavy atom. The van der Waals surface area contributed by atoms with E-state index in [9.17, 15) is 9.59 Å². The minimum absolute atomic E-state index is 0.123. The molecule has 3 rings (SSSR count). The Morgan fingerprint density at radius 1 is 1.33 bits per heavy atom. The van der Waals surface area contributed by atoms with Gasteiger partial charge in [0, 0.05) is 19.6 Å². The first-order chi connectivity index (χ1) is 13.1. The number of hydrogen-bond acceptors (Lipinski definition) is 7. The highest BCUT2D eigenvalue weighted by atomic mass is 16.5. The van der Waals surface area contributed by atoms with Crippen LogP contribution in [0.2, 0.25) is 0 Å². The van der Waals surface area contributed by atoms with Gasteiger partial charge in [-0.05, 0) is 31.6 Å². The zero-order chi connectivity index (χ0) is 19.1. The Balaban J connectivity index is 1.62. The average molecular weight is 376 g/mol. The molecule has 1 saturated heterocycles. The monoisotopic (exact) mass is 376 g/mol. The Labute approximate surface area is 159 Å². The van der Waals surface area contributed by atoms with E-state index in [2.05, 4.69) is 38.0 Å². The second-order valence-corrected chi connectivity index (χ2v) is 7.40. The van der Waals surface area contributed by atoms with Crippen LogP contribution >= 0.6 is 0 Å². The lowest BCUT2D eigenvalue weighted by molar-refractivity contribution is -0.133.